The molecule has 3 heteroatoms. The Labute approximate surface area is 102 Å². The van der Waals surface area contributed by atoms with Crippen LogP contribution in [0.5, 0.6) is 0 Å². The molecule has 0 saturated carbocycles. The summed E-state index contributed by atoms with van der Waals surface area (Å²) < 4.78 is 4.99. The van der Waals surface area contributed by atoms with Crippen LogP contribution in [0, 0.1) is 6.92 Å². The molecule has 1 aromatic carbocycles. The van der Waals surface area contributed by atoms with Crippen LogP contribution in [0.15, 0.2) is 29.3 Å². The van der Waals surface area contributed by atoms with E-state index in [2.05, 4.69) is 24.0 Å². The van der Waals surface area contributed by atoms with Crippen LogP contribution in [0.4, 0.5) is 0 Å². The molecule has 1 aliphatic heterocycles. The predicted octanol–water partition coefficient (Wildman–Crippen LogP) is 2.51. The van der Waals surface area contributed by atoms with Gasteiger partial charge in [-0.1, -0.05) is 29.8 Å². The highest BCUT2D eigenvalue weighted by molar-refractivity contribution is 6.03. The maximum Gasteiger partial charge on any atom is 0.330 e. The average molecular weight is 231 g/mol. The van der Waals surface area contributed by atoms with Gasteiger partial charge in [-0.05, 0) is 32.3 Å². The minimum atomic E-state index is -0.300. The van der Waals surface area contributed by atoms with Gasteiger partial charge in [-0.25, -0.2) is 4.79 Å². The zero-order chi connectivity index (χ0) is 12.3. The lowest BCUT2D eigenvalue weighted by Gasteiger charge is -2.04. The third kappa shape index (κ3) is 2.73. The Hall–Kier alpha value is -1.64. The van der Waals surface area contributed by atoms with Gasteiger partial charge in [0, 0.05) is 5.71 Å². The Bertz CT molecular complexity index is 451. The largest absolute Gasteiger partial charge is 0.464 e. The zero-order valence-electron chi connectivity index (χ0n) is 10.3. The van der Waals surface area contributed by atoms with Crippen LogP contribution in [0.3, 0.4) is 0 Å². The van der Waals surface area contributed by atoms with Crippen LogP contribution in [-0.4, -0.2) is 24.3 Å². The Morgan fingerprint density at radius 2 is 2.35 bits per heavy atom. The second kappa shape index (κ2) is 5.13. The van der Waals surface area contributed by atoms with Crippen molar-refractivity contribution in [1.82, 2.24) is 0 Å². The van der Waals surface area contributed by atoms with E-state index in [9.17, 15) is 4.79 Å². The van der Waals surface area contributed by atoms with Gasteiger partial charge in [-0.15, -0.1) is 0 Å². The van der Waals surface area contributed by atoms with Crippen molar-refractivity contribution in [2.75, 3.05) is 6.61 Å². The first-order valence-electron chi connectivity index (χ1n) is 6.01. The number of nitrogens with zero attached hydrogens (tertiary/aromatic N) is 1. The fourth-order valence-corrected chi connectivity index (χ4v) is 2.04. The summed E-state index contributed by atoms with van der Waals surface area (Å²) in [6, 6.07) is 7.92. The lowest BCUT2D eigenvalue weighted by Crippen LogP contribution is -2.18. The molecule has 0 aromatic heterocycles. The molecule has 0 bridgehead atoms. The van der Waals surface area contributed by atoms with Crippen molar-refractivity contribution in [3.8, 4) is 0 Å². The lowest BCUT2D eigenvalue weighted by molar-refractivity contribution is -0.144. The van der Waals surface area contributed by atoms with E-state index in [0.29, 0.717) is 6.61 Å². The number of aryl methyl sites for hydroxylation is 1. The Kier molecular flexibility index (Phi) is 3.57. The van der Waals surface area contributed by atoms with Crippen molar-refractivity contribution < 1.29 is 9.53 Å². The molecule has 1 aliphatic rings. The molecule has 17 heavy (non-hydrogen) atoms. The van der Waals surface area contributed by atoms with Gasteiger partial charge < -0.3 is 4.74 Å². The SMILES string of the molecule is CCOC(=O)[C@H]1CCC(c2cccc(C)c2)=N1. The fourth-order valence-electron chi connectivity index (χ4n) is 2.04. The van der Waals surface area contributed by atoms with Crippen molar-refractivity contribution in [2.24, 2.45) is 4.99 Å². The minimum Gasteiger partial charge on any atom is -0.464 e. The van der Waals surface area contributed by atoms with Gasteiger partial charge in [-0.3, -0.25) is 4.99 Å². The molecule has 0 unspecified atom stereocenters. The zero-order valence-corrected chi connectivity index (χ0v) is 10.3. The van der Waals surface area contributed by atoms with Crippen LogP contribution >= 0.6 is 0 Å². The highest BCUT2D eigenvalue weighted by atomic mass is 16.5. The number of carbonyl (C=O) groups excluding carboxylic acids is 1. The summed E-state index contributed by atoms with van der Waals surface area (Å²) >= 11 is 0. The van der Waals surface area contributed by atoms with Crippen LogP contribution in [0.25, 0.3) is 0 Å². The van der Waals surface area contributed by atoms with Crippen LogP contribution in [0.1, 0.15) is 30.9 Å². The van der Waals surface area contributed by atoms with Crippen molar-refractivity contribution >= 4 is 11.7 Å². The maximum absolute atomic E-state index is 11.6. The number of carbonyl (C=O) groups is 1. The van der Waals surface area contributed by atoms with Crippen LogP contribution in [0.2, 0.25) is 0 Å². The minimum absolute atomic E-state index is 0.199. The van der Waals surface area contributed by atoms with Gasteiger partial charge in [0.1, 0.15) is 6.04 Å². The van der Waals surface area contributed by atoms with E-state index in [1.807, 2.05) is 19.1 Å². The van der Waals surface area contributed by atoms with E-state index in [4.69, 9.17) is 4.74 Å². The second-order valence-corrected chi connectivity index (χ2v) is 4.25. The molecule has 0 aliphatic carbocycles. The number of rotatable bonds is 3. The first-order valence-corrected chi connectivity index (χ1v) is 6.01. The molecular formula is C14H17NO2. The third-order valence-corrected chi connectivity index (χ3v) is 2.88. The van der Waals surface area contributed by atoms with Crippen molar-refractivity contribution in [2.45, 2.75) is 32.7 Å². The van der Waals surface area contributed by atoms with Gasteiger partial charge >= 0.3 is 5.97 Å². The molecule has 1 atom stereocenters. The highest BCUT2D eigenvalue weighted by Crippen LogP contribution is 2.20. The second-order valence-electron chi connectivity index (χ2n) is 4.25. The molecule has 3 nitrogen and oxygen atoms in total. The van der Waals surface area contributed by atoms with Gasteiger partial charge in [0.15, 0.2) is 0 Å². The van der Waals surface area contributed by atoms with Crippen LogP contribution in [-0.2, 0) is 9.53 Å². The van der Waals surface area contributed by atoms with E-state index in [1.165, 1.54) is 5.56 Å². The summed E-state index contributed by atoms with van der Waals surface area (Å²) in [5, 5.41) is 0. The fraction of sp³-hybridized carbons (Fsp3) is 0.429. The van der Waals surface area contributed by atoms with E-state index < -0.39 is 0 Å². The summed E-state index contributed by atoms with van der Waals surface area (Å²) in [7, 11) is 0. The van der Waals surface area contributed by atoms with Gasteiger partial charge in [0.05, 0.1) is 6.61 Å². The molecule has 0 radical (unpaired) electrons. The summed E-state index contributed by atoms with van der Waals surface area (Å²) in [5.74, 6) is -0.199. The molecule has 0 fully saturated rings. The first-order chi connectivity index (χ1) is 8.20. The topological polar surface area (TPSA) is 38.7 Å². The number of ether oxygens (including phenoxy) is 1. The quantitative estimate of drug-likeness (QED) is 0.750. The maximum atomic E-state index is 11.6. The summed E-state index contributed by atoms with van der Waals surface area (Å²) in [5.41, 5.74) is 3.35. The van der Waals surface area contributed by atoms with E-state index in [0.717, 1.165) is 24.1 Å². The van der Waals surface area contributed by atoms with E-state index in [1.54, 1.807) is 0 Å². The van der Waals surface area contributed by atoms with Gasteiger partial charge in [0.25, 0.3) is 0 Å². The Balaban J connectivity index is 2.14. The highest BCUT2D eigenvalue weighted by Gasteiger charge is 2.25. The molecule has 0 saturated heterocycles. The molecule has 90 valence electrons. The number of aliphatic imine (C=N–C) groups is 1. The molecule has 0 N–H and O–H groups in total. The molecule has 1 aromatic rings. The standard InChI is InChI=1S/C14H17NO2/c1-3-17-14(16)13-8-7-12(15-13)11-6-4-5-10(2)9-11/h4-6,9,13H,3,7-8H2,1-2H3/t13-/m1/s1. The van der Waals surface area contributed by atoms with E-state index >= 15 is 0 Å². The molecule has 0 amide bonds. The Morgan fingerprint density at radius 1 is 1.53 bits per heavy atom. The number of benzene rings is 1. The summed E-state index contributed by atoms with van der Waals surface area (Å²) in [6.45, 7) is 4.30. The monoisotopic (exact) mass is 231 g/mol. The number of esters is 1. The van der Waals surface area contributed by atoms with Gasteiger partial charge in [0.2, 0.25) is 0 Å². The third-order valence-electron chi connectivity index (χ3n) is 2.88. The Morgan fingerprint density at radius 3 is 3.06 bits per heavy atom. The first kappa shape index (κ1) is 11.8. The average Bonchev–Trinajstić information content (AvgIpc) is 2.78. The van der Waals surface area contributed by atoms with Gasteiger partial charge in [-0.2, -0.15) is 0 Å². The molecular weight excluding hydrogens is 214 g/mol. The van der Waals surface area contributed by atoms with Crippen molar-refractivity contribution in [1.29, 1.82) is 0 Å². The number of hydrogen-bond donors (Lipinski definition) is 0. The summed E-state index contributed by atoms with van der Waals surface area (Å²) in [6.07, 6.45) is 1.62. The lowest BCUT2D eigenvalue weighted by atomic mass is 10.0. The smallest absolute Gasteiger partial charge is 0.330 e. The molecule has 2 rings (SSSR count). The predicted molar refractivity (Wildman–Crippen MR) is 67.4 cm³/mol. The molecule has 1 heterocycles. The summed E-state index contributed by atoms with van der Waals surface area (Å²) in [4.78, 5) is 16.0. The van der Waals surface area contributed by atoms with Crippen LogP contribution < -0.4 is 0 Å². The van der Waals surface area contributed by atoms with Crippen molar-refractivity contribution in [3.05, 3.63) is 35.4 Å². The molecule has 0 spiro atoms. The van der Waals surface area contributed by atoms with Crippen molar-refractivity contribution in [3.63, 3.8) is 0 Å². The van der Waals surface area contributed by atoms with E-state index in [-0.39, 0.29) is 12.0 Å². The number of hydrogen-bond acceptors (Lipinski definition) is 3. The normalized spacial score (nSPS) is 18.9.